The molecule has 2 heteroatoms. The average Bonchev–Trinajstić information content (AvgIpc) is 2.28. The second kappa shape index (κ2) is 4.36. The molecule has 0 saturated heterocycles. The molecule has 2 nitrogen and oxygen atoms in total. The zero-order valence-electron chi connectivity index (χ0n) is 10.7. The Morgan fingerprint density at radius 2 is 2.19 bits per heavy atom. The van der Waals surface area contributed by atoms with Gasteiger partial charge in [0, 0.05) is 19.6 Å². The maximum Gasteiger partial charge on any atom is 0.0615 e. The van der Waals surface area contributed by atoms with Crippen molar-refractivity contribution < 1.29 is 0 Å². The highest BCUT2D eigenvalue weighted by Crippen LogP contribution is 2.36. The Hall–Kier alpha value is -1.18. The SMILES string of the molecule is CCC1CN(C)c2cccc(C(C)C)c2N1. The van der Waals surface area contributed by atoms with Crippen LogP contribution in [-0.4, -0.2) is 19.6 Å². The van der Waals surface area contributed by atoms with E-state index in [0.717, 1.165) is 6.54 Å². The van der Waals surface area contributed by atoms with Gasteiger partial charge in [0.2, 0.25) is 0 Å². The smallest absolute Gasteiger partial charge is 0.0615 e. The zero-order valence-corrected chi connectivity index (χ0v) is 10.7. The Bertz CT molecular complexity index is 357. The van der Waals surface area contributed by atoms with Gasteiger partial charge >= 0.3 is 0 Å². The van der Waals surface area contributed by atoms with Crippen molar-refractivity contribution in [2.24, 2.45) is 0 Å². The molecule has 1 aromatic rings. The van der Waals surface area contributed by atoms with E-state index in [0.29, 0.717) is 12.0 Å². The van der Waals surface area contributed by atoms with E-state index in [1.54, 1.807) is 0 Å². The Labute approximate surface area is 98.7 Å². The van der Waals surface area contributed by atoms with Gasteiger partial charge in [0.1, 0.15) is 0 Å². The van der Waals surface area contributed by atoms with Crippen LogP contribution in [-0.2, 0) is 0 Å². The Morgan fingerprint density at radius 1 is 1.44 bits per heavy atom. The van der Waals surface area contributed by atoms with Crippen LogP contribution in [0.1, 0.15) is 38.7 Å². The molecule has 0 spiro atoms. The molecule has 0 aromatic heterocycles. The third-order valence-electron chi connectivity index (χ3n) is 3.44. The summed E-state index contributed by atoms with van der Waals surface area (Å²) in [6.07, 6.45) is 1.18. The van der Waals surface area contributed by atoms with Crippen LogP contribution in [0.2, 0.25) is 0 Å². The number of nitrogens with one attached hydrogen (secondary N) is 1. The number of hydrogen-bond donors (Lipinski definition) is 1. The highest BCUT2D eigenvalue weighted by atomic mass is 15.2. The molecular weight excluding hydrogens is 196 g/mol. The molecule has 1 aliphatic rings. The average molecular weight is 218 g/mol. The van der Waals surface area contributed by atoms with Crippen LogP contribution in [0.15, 0.2) is 18.2 Å². The number of likely N-dealkylation sites (N-methyl/N-ethyl adjacent to an activating group) is 1. The summed E-state index contributed by atoms with van der Waals surface area (Å²) >= 11 is 0. The quantitative estimate of drug-likeness (QED) is 0.818. The van der Waals surface area contributed by atoms with Crippen LogP contribution in [0.3, 0.4) is 0 Å². The normalized spacial score (nSPS) is 19.6. The second-order valence-corrected chi connectivity index (χ2v) is 5.03. The largest absolute Gasteiger partial charge is 0.379 e. The van der Waals surface area contributed by atoms with Gasteiger partial charge in [0.15, 0.2) is 0 Å². The highest BCUT2D eigenvalue weighted by molar-refractivity contribution is 5.76. The molecule has 0 radical (unpaired) electrons. The molecule has 16 heavy (non-hydrogen) atoms. The van der Waals surface area contributed by atoms with Gasteiger partial charge < -0.3 is 10.2 Å². The predicted octanol–water partition coefficient (Wildman–Crippen LogP) is 3.45. The molecule has 1 aliphatic heterocycles. The summed E-state index contributed by atoms with van der Waals surface area (Å²) in [6.45, 7) is 7.86. The fourth-order valence-corrected chi connectivity index (χ4v) is 2.42. The maximum absolute atomic E-state index is 3.69. The monoisotopic (exact) mass is 218 g/mol. The van der Waals surface area contributed by atoms with Crippen molar-refractivity contribution in [3.8, 4) is 0 Å². The maximum atomic E-state index is 3.69. The van der Waals surface area contributed by atoms with Gasteiger partial charge in [-0.15, -0.1) is 0 Å². The standard InChI is InChI=1S/C14H22N2/c1-5-11-9-16(4)13-8-6-7-12(10(2)3)14(13)15-11/h6-8,10-11,15H,5,9H2,1-4H3. The Balaban J connectivity index is 2.44. The van der Waals surface area contributed by atoms with E-state index in [2.05, 4.69) is 56.2 Å². The summed E-state index contributed by atoms with van der Waals surface area (Å²) in [5, 5.41) is 3.69. The van der Waals surface area contributed by atoms with Crippen LogP contribution in [0.5, 0.6) is 0 Å². The molecule has 0 aliphatic carbocycles. The predicted molar refractivity (Wildman–Crippen MR) is 71.5 cm³/mol. The lowest BCUT2D eigenvalue weighted by Crippen LogP contribution is -2.39. The second-order valence-electron chi connectivity index (χ2n) is 5.03. The third kappa shape index (κ3) is 1.89. The summed E-state index contributed by atoms with van der Waals surface area (Å²) in [4.78, 5) is 2.37. The van der Waals surface area contributed by atoms with Gasteiger partial charge in [-0.05, 0) is 24.0 Å². The van der Waals surface area contributed by atoms with Crippen molar-refractivity contribution >= 4 is 11.4 Å². The van der Waals surface area contributed by atoms with Crippen LogP contribution in [0, 0.1) is 0 Å². The zero-order chi connectivity index (χ0) is 11.7. The van der Waals surface area contributed by atoms with Crippen molar-refractivity contribution in [1.82, 2.24) is 0 Å². The summed E-state index contributed by atoms with van der Waals surface area (Å²) in [7, 11) is 2.19. The van der Waals surface area contributed by atoms with Crippen molar-refractivity contribution in [1.29, 1.82) is 0 Å². The van der Waals surface area contributed by atoms with E-state index < -0.39 is 0 Å². The molecule has 1 aromatic carbocycles. The van der Waals surface area contributed by atoms with Gasteiger partial charge in [-0.2, -0.15) is 0 Å². The number of rotatable bonds is 2. The Kier molecular flexibility index (Phi) is 3.08. The van der Waals surface area contributed by atoms with Crippen molar-refractivity contribution in [3.05, 3.63) is 23.8 Å². The van der Waals surface area contributed by atoms with Gasteiger partial charge in [-0.1, -0.05) is 32.9 Å². The minimum Gasteiger partial charge on any atom is -0.379 e. The minimum absolute atomic E-state index is 0.575. The van der Waals surface area contributed by atoms with E-state index in [4.69, 9.17) is 0 Å². The van der Waals surface area contributed by atoms with E-state index in [1.165, 1.54) is 23.4 Å². The van der Waals surface area contributed by atoms with Gasteiger partial charge in [-0.3, -0.25) is 0 Å². The summed E-state index contributed by atoms with van der Waals surface area (Å²) in [6, 6.07) is 7.19. The van der Waals surface area contributed by atoms with Crippen LogP contribution in [0.25, 0.3) is 0 Å². The van der Waals surface area contributed by atoms with Crippen LogP contribution < -0.4 is 10.2 Å². The fraction of sp³-hybridized carbons (Fsp3) is 0.571. The lowest BCUT2D eigenvalue weighted by Gasteiger charge is -2.36. The number of anilines is 2. The number of hydrogen-bond acceptors (Lipinski definition) is 2. The third-order valence-corrected chi connectivity index (χ3v) is 3.44. The van der Waals surface area contributed by atoms with E-state index in [-0.39, 0.29) is 0 Å². The topological polar surface area (TPSA) is 15.3 Å². The Morgan fingerprint density at radius 3 is 2.81 bits per heavy atom. The molecular formula is C14H22N2. The molecule has 88 valence electrons. The molecule has 1 N–H and O–H groups in total. The molecule has 1 heterocycles. The fourth-order valence-electron chi connectivity index (χ4n) is 2.42. The van der Waals surface area contributed by atoms with E-state index in [1.807, 2.05) is 0 Å². The lowest BCUT2D eigenvalue weighted by molar-refractivity contribution is 0.658. The molecule has 0 amide bonds. The first kappa shape index (κ1) is 11.3. The first-order valence-corrected chi connectivity index (χ1v) is 6.24. The lowest BCUT2D eigenvalue weighted by atomic mass is 9.97. The molecule has 0 saturated carbocycles. The summed E-state index contributed by atoms with van der Waals surface area (Å²) in [5.41, 5.74) is 4.12. The summed E-state index contributed by atoms with van der Waals surface area (Å²) < 4.78 is 0. The van der Waals surface area contributed by atoms with Crippen LogP contribution in [0.4, 0.5) is 11.4 Å². The molecule has 0 fully saturated rings. The van der Waals surface area contributed by atoms with Crippen LogP contribution >= 0.6 is 0 Å². The van der Waals surface area contributed by atoms with Gasteiger partial charge in [0.25, 0.3) is 0 Å². The van der Waals surface area contributed by atoms with Crippen molar-refractivity contribution in [2.45, 2.75) is 39.2 Å². The van der Waals surface area contributed by atoms with Crippen molar-refractivity contribution in [2.75, 3.05) is 23.8 Å². The van der Waals surface area contributed by atoms with Gasteiger partial charge in [0.05, 0.1) is 11.4 Å². The van der Waals surface area contributed by atoms with E-state index >= 15 is 0 Å². The molecule has 1 atom stereocenters. The number of para-hydroxylation sites is 1. The minimum atomic E-state index is 0.575. The molecule has 0 bridgehead atoms. The highest BCUT2D eigenvalue weighted by Gasteiger charge is 2.22. The van der Waals surface area contributed by atoms with E-state index in [9.17, 15) is 0 Å². The van der Waals surface area contributed by atoms with Crippen molar-refractivity contribution in [3.63, 3.8) is 0 Å². The molecule has 2 rings (SSSR count). The number of nitrogens with zero attached hydrogens (tertiary/aromatic N) is 1. The first-order valence-electron chi connectivity index (χ1n) is 6.24. The van der Waals surface area contributed by atoms with Gasteiger partial charge in [-0.25, -0.2) is 0 Å². The number of benzene rings is 1. The summed E-state index contributed by atoms with van der Waals surface area (Å²) in [5.74, 6) is 0.575. The first-order chi connectivity index (χ1) is 7.63. The molecule has 1 unspecified atom stereocenters. The number of fused-ring (bicyclic) bond motifs is 1.